The average molecular weight is 249 g/mol. The Morgan fingerprint density at radius 3 is 2.47 bits per heavy atom. The third-order valence-corrected chi connectivity index (χ3v) is 3.52. The molecule has 0 atom stereocenters. The first-order valence-electron chi connectivity index (χ1n) is 6.71. The Bertz CT molecular complexity index is 674. The molecule has 0 aliphatic rings. The highest BCUT2D eigenvalue weighted by Gasteiger charge is 2.07. The summed E-state index contributed by atoms with van der Waals surface area (Å²) < 4.78 is 5.46. The molecule has 95 valence electrons. The van der Waals surface area contributed by atoms with Crippen LogP contribution in [-0.2, 0) is 6.42 Å². The molecule has 0 saturated carbocycles. The highest BCUT2D eigenvalue weighted by Crippen LogP contribution is 2.23. The van der Waals surface area contributed by atoms with Gasteiger partial charge in [0.05, 0.1) is 0 Å². The van der Waals surface area contributed by atoms with Crippen LogP contribution < -0.4 is 0 Å². The monoisotopic (exact) mass is 249 g/mol. The van der Waals surface area contributed by atoms with Gasteiger partial charge in [0, 0.05) is 17.4 Å². The fourth-order valence-electron chi connectivity index (χ4n) is 2.33. The van der Waals surface area contributed by atoms with Crippen molar-refractivity contribution in [2.75, 3.05) is 0 Å². The van der Waals surface area contributed by atoms with Gasteiger partial charge in [-0.15, -0.1) is 0 Å². The van der Waals surface area contributed by atoms with Gasteiger partial charge in [-0.25, -0.2) is 0 Å². The minimum Gasteiger partial charge on any atom is -0.452 e. The predicted octanol–water partition coefficient (Wildman–Crippen LogP) is 4.95. The molecule has 3 rings (SSSR count). The van der Waals surface area contributed by atoms with Crippen LogP contribution in [0.15, 0.2) is 52.9 Å². The van der Waals surface area contributed by atoms with Crippen LogP contribution in [0.4, 0.5) is 0 Å². The molecule has 0 aliphatic heterocycles. The zero-order valence-electron chi connectivity index (χ0n) is 11.3. The number of hydrogen-bond donors (Lipinski definition) is 0. The lowest BCUT2D eigenvalue weighted by atomic mass is 9.99. The molecule has 1 heterocycles. The molecule has 0 bridgehead atoms. The van der Waals surface area contributed by atoms with E-state index >= 15 is 0 Å². The van der Waals surface area contributed by atoms with Crippen molar-refractivity contribution in [3.63, 3.8) is 0 Å². The standard InChI is InChI=1S/C18H17O/c1-13(2)15-9-7-14(8-10-15)11-16-12-19-18-6-4-3-5-17(16)18/h3-10,13H,11H2,1-2H3. The van der Waals surface area contributed by atoms with Crippen LogP contribution >= 0.6 is 0 Å². The molecule has 0 unspecified atom stereocenters. The van der Waals surface area contributed by atoms with Crippen molar-refractivity contribution in [2.24, 2.45) is 0 Å². The number of para-hydroxylation sites is 1. The van der Waals surface area contributed by atoms with E-state index < -0.39 is 0 Å². The number of rotatable bonds is 3. The summed E-state index contributed by atoms with van der Waals surface area (Å²) >= 11 is 0. The smallest absolute Gasteiger partial charge is 0.174 e. The number of furan rings is 1. The van der Waals surface area contributed by atoms with Crippen molar-refractivity contribution in [1.29, 1.82) is 0 Å². The van der Waals surface area contributed by atoms with Crippen LogP contribution in [0.1, 0.15) is 36.5 Å². The summed E-state index contributed by atoms with van der Waals surface area (Å²) in [5.74, 6) is 0.579. The summed E-state index contributed by atoms with van der Waals surface area (Å²) in [6, 6.07) is 16.9. The second-order valence-electron chi connectivity index (χ2n) is 5.25. The largest absolute Gasteiger partial charge is 0.452 e. The van der Waals surface area contributed by atoms with Crippen LogP contribution in [0.5, 0.6) is 0 Å². The van der Waals surface area contributed by atoms with Gasteiger partial charge in [0.15, 0.2) is 6.26 Å². The first-order chi connectivity index (χ1) is 9.24. The van der Waals surface area contributed by atoms with E-state index in [0.717, 1.165) is 23.0 Å². The zero-order chi connectivity index (χ0) is 13.2. The van der Waals surface area contributed by atoms with E-state index in [1.807, 2.05) is 18.2 Å². The normalized spacial score (nSPS) is 11.3. The van der Waals surface area contributed by atoms with Crippen LogP contribution in [0.3, 0.4) is 0 Å². The van der Waals surface area contributed by atoms with Crippen molar-refractivity contribution >= 4 is 11.0 Å². The van der Waals surface area contributed by atoms with Crippen LogP contribution in [0, 0.1) is 6.26 Å². The minimum atomic E-state index is 0.579. The fourth-order valence-corrected chi connectivity index (χ4v) is 2.33. The number of fused-ring (bicyclic) bond motifs is 1. The quantitative estimate of drug-likeness (QED) is 0.640. The maximum Gasteiger partial charge on any atom is 0.174 e. The van der Waals surface area contributed by atoms with Crippen molar-refractivity contribution in [2.45, 2.75) is 26.2 Å². The molecule has 1 aromatic heterocycles. The lowest BCUT2D eigenvalue weighted by Crippen LogP contribution is -1.90. The van der Waals surface area contributed by atoms with Gasteiger partial charge >= 0.3 is 0 Å². The Morgan fingerprint density at radius 1 is 1.00 bits per heavy atom. The van der Waals surface area contributed by atoms with Gasteiger partial charge in [0.1, 0.15) is 5.58 Å². The van der Waals surface area contributed by atoms with Gasteiger partial charge in [0.2, 0.25) is 0 Å². The summed E-state index contributed by atoms with van der Waals surface area (Å²) in [6.45, 7) is 4.43. The molecule has 0 spiro atoms. The van der Waals surface area contributed by atoms with Gasteiger partial charge in [0.25, 0.3) is 0 Å². The van der Waals surface area contributed by atoms with Crippen molar-refractivity contribution in [3.8, 4) is 0 Å². The average Bonchev–Trinajstić information content (AvgIpc) is 2.83. The van der Waals surface area contributed by atoms with Crippen molar-refractivity contribution < 1.29 is 4.42 Å². The Hall–Kier alpha value is -2.02. The van der Waals surface area contributed by atoms with E-state index in [2.05, 4.69) is 50.4 Å². The van der Waals surface area contributed by atoms with E-state index in [0.29, 0.717) is 5.92 Å². The lowest BCUT2D eigenvalue weighted by Gasteiger charge is -2.06. The fraction of sp³-hybridized carbons (Fsp3) is 0.222. The molecule has 0 N–H and O–H groups in total. The number of hydrogen-bond acceptors (Lipinski definition) is 1. The summed E-state index contributed by atoms with van der Waals surface area (Å²) in [5.41, 5.74) is 4.72. The van der Waals surface area contributed by atoms with E-state index in [9.17, 15) is 0 Å². The van der Waals surface area contributed by atoms with Crippen molar-refractivity contribution in [1.82, 2.24) is 0 Å². The summed E-state index contributed by atoms with van der Waals surface area (Å²) in [7, 11) is 0. The van der Waals surface area contributed by atoms with Crippen molar-refractivity contribution in [3.05, 3.63) is 71.5 Å². The molecule has 3 aromatic rings. The van der Waals surface area contributed by atoms with Gasteiger partial charge in [-0.2, -0.15) is 0 Å². The molecule has 0 amide bonds. The molecule has 2 aromatic carbocycles. The van der Waals surface area contributed by atoms with Crippen LogP contribution in [0.25, 0.3) is 11.0 Å². The van der Waals surface area contributed by atoms with Gasteiger partial charge < -0.3 is 4.42 Å². The highest BCUT2D eigenvalue weighted by molar-refractivity contribution is 5.80. The number of benzene rings is 2. The SMILES string of the molecule is CC(C)c1ccc(Cc2[c]oc3ccccc23)cc1. The maximum absolute atomic E-state index is 5.46. The van der Waals surface area contributed by atoms with Gasteiger partial charge in [-0.1, -0.05) is 56.3 Å². The Morgan fingerprint density at radius 2 is 1.74 bits per heavy atom. The van der Waals surface area contributed by atoms with Gasteiger partial charge in [-0.3, -0.25) is 0 Å². The molecular weight excluding hydrogens is 232 g/mol. The van der Waals surface area contributed by atoms with Crippen LogP contribution in [-0.4, -0.2) is 0 Å². The molecule has 0 aliphatic carbocycles. The second kappa shape index (κ2) is 4.93. The molecule has 0 saturated heterocycles. The van der Waals surface area contributed by atoms with E-state index in [4.69, 9.17) is 4.42 Å². The third kappa shape index (κ3) is 2.41. The Labute approximate surface area is 113 Å². The molecule has 1 radical (unpaired) electrons. The molecule has 1 heteroatoms. The molecular formula is C18H17O. The summed E-state index contributed by atoms with van der Waals surface area (Å²) in [6.07, 6.45) is 3.89. The lowest BCUT2D eigenvalue weighted by molar-refractivity contribution is 0.601. The highest BCUT2D eigenvalue weighted by atomic mass is 16.3. The summed E-state index contributed by atoms with van der Waals surface area (Å²) in [5, 5.41) is 1.16. The first kappa shape index (κ1) is 12.0. The maximum atomic E-state index is 5.46. The molecule has 0 fully saturated rings. The van der Waals surface area contributed by atoms with E-state index in [-0.39, 0.29) is 0 Å². The Kier molecular flexibility index (Phi) is 3.12. The predicted molar refractivity (Wildman–Crippen MR) is 78.4 cm³/mol. The Balaban J connectivity index is 1.88. The second-order valence-corrected chi connectivity index (χ2v) is 5.25. The third-order valence-electron chi connectivity index (χ3n) is 3.52. The molecule has 1 nitrogen and oxygen atoms in total. The van der Waals surface area contributed by atoms with Gasteiger partial charge in [-0.05, 0) is 23.1 Å². The van der Waals surface area contributed by atoms with E-state index in [1.165, 1.54) is 11.1 Å². The summed E-state index contributed by atoms with van der Waals surface area (Å²) in [4.78, 5) is 0. The topological polar surface area (TPSA) is 13.1 Å². The first-order valence-corrected chi connectivity index (χ1v) is 6.71. The molecule has 19 heavy (non-hydrogen) atoms. The van der Waals surface area contributed by atoms with E-state index in [1.54, 1.807) is 0 Å². The minimum absolute atomic E-state index is 0.579. The zero-order valence-corrected chi connectivity index (χ0v) is 11.3. The van der Waals surface area contributed by atoms with Crippen LogP contribution in [0.2, 0.25) is 0 Å².